The molecule has 0 heterocycles. The third kappa shape index (κ3) is 54.5. The summed E-state index contributed by atoms with van der Waals surface area (Å²) in [6, 6.07) is 0. The van der Waals surface area contributed by atoms with Crippen molar-refractivity contribution in [3.63, 3.8) is 0 Å². The second-order valence-corrected chi connectivity index (χ2v) is 20.9. The van der Waals surface area contributed by atoms with E-state index in [-0.39, 0.29) is 32.2 Å². The summed E-state index contributed by atoms with van der Waals surface area (Å²) >= 11 is 0. The van der Waals surface area contributed by atoms with E-state index in [1.807, 2.05) is 21.1 Å². The highest BCUT2D eigenvalue weighted by Crippen LogP contribution is 2.17. The van der Waals surface area contributed by atoms with Crippen molar-refractivity contribution in [3.05, 3.63) is 72.9 Å². The molecule has 0 radical (unpaired) electrons. The van der Waals surface area contributed by atoms with E-state index in [2.05, 4.69) is 86.8 Å². The number of likely N-dealkylation sites (N-methyl/N-ethyl adjacent to an activating group) is 1. The molecule has 0 rings (SSSR count). The van der Waals surface area contributed by atoms with E-state index < -0.39 is 24.3 Å². The van der Waals surface area contributed by atoms with Crippen LogP contribution in [-0.4, -0.2) is 82.3 Å². The Morgan fingerprint density at radius 1 is 0.431 bits per heavy atom. The highest BCUT2D eigenvalue weighted by atomic mass is 16.7. The van der Waals surface area contributed by atoms with Gasteiger partial charge >= 0.3 is 11.9 Å². The van der Waals surface area contributed by atoms with Crippen molar-refractivity contribution in [1.82, 2.24) is 0 Å². The zero-order chi connectivity index (χ0) is 52.7. The van der Waals surface area contributed by atoms with Gasteiger partial charge in [0, 0.05) is 12.8 Å². The van der Waals surface area contributed by atoms with Gasteiger partial charge in [-0.15, -0.1) is 0 Å². The smallest absolute Gasteiger partial charge is 0.306 e. The minimum Gasteiger partial charge on any atom is -0.545 e. The van der Waals surface area contributed by atoms with Gasteiger partial charge in [-0.2, -0.15) is 0 Å². The highest BCUT2D eigenvalue weighted by Gasteiger charge is 2.22. The molecular formula is C63H111NO8. The summed E-state index contributed by atoms with van der Waals surface area (Å²) in [5.74, 6) is -2.29. The molecule has 0 aromatic rings. The fourth-order valence-corrected chi connectivity index (χ4v) is 8.19. The number of aliphatic carboxylic acids is 1. The van der Waals surface area contributed by atoms with E-state index in [4.69, 9.17) is 18.9 Å². The molecule has 9 heteroatoms. The molecule has 416 valence electrons. The van der Waals surface area contributed by atoms with E-state index in [9.17, 15) is 19.5 Å². The Labute approximate surface area is 443 Å². The summed E-state index contributed by atoms with van der Waals surface area (Å²) in [4.78, 5) is 36.9. The minimum atomic E-state index is -1.62. The molecule has 9 nitrogen and oxygen atoms in total. The van der Waals surface area contributed by atoms with Crippen molar-refractivity contribution >= 4 is 17.9 Å². The Balaban J connectivity index is 3.82. The number of quaternary nitrogens is 1. The summed E-state index contributed by atoms with van der Waals surface area (Å²) in [6.45, 7) is 4.57. The molecule has 0 saturated heterocycles. The van der Waals surface area contributed by atoms with Crippen molar-refractivity contribution in [2.45, 2.75) is 264 Å². The molecule has 0 aliphatic heterocycles. The summed E-state index contributed by atoms with van der Waals surface area (Å²) in [5.41, 5.74) is 0. The van der Waals surface area contributed by atoms with Crippen molar-refractivity contribution in [2.24, 2.45) is 0 Å². The van der Waals surface area contributed by atoms with E-state index in [1.54, 1.807) is 0 Å². The molecule has 0 aromatic carbocycles. The first-order valence-corrected chi connectivity index (χ1v) is 29.6. The van der Waals surface area contributed by atoms with Crippen molar-refractivity contribution in [1.29, 1.82) is 0 Å². The molecule has 0 aliphatic rings. The second kappa shape index (κ2) is 54.0. The van der Waals surface area contributed by atoms with Gasteiger partial charge in [-0.25, -0.2) is 0 Å². The second-order valence-electron chi connectivity index (χ2n) is 20.9. The third-order valence-corrected chi connectivity index (χ3v) is 12.7. The van der Waals surface area contributed by atoms with E-state index in [0.29, 0.717) is 23.9 Å². The first kappa shape index (κ1) is 68.7. The zero-order valence-corrected chi connectivity index (χ0v) is 47.3. The quantitative estimate of drug-likeness (QED) is 0.0195. The number of hydrogen-bond acceptors (Lipinski definition) is 8. The number of carbonyl (C=O) groups is 3. The van der Waals surface area contributed by atoms with Crippen LogP contribution in [0.2, 0.25) is 0 Å². The summed E-state index contributed by atoms with van der Waals surface area (Å²) in [5, 5.41) is 11.7. The van der Waals surface area contributed by atoms with E-state index in [0.717, 1.165) is 77.0 Å². The lowest BCUT2D eigenvalue weighted by atomic mass is 10.0. The molecule has 0 aliphatic carbocycles. The molecule has 0 spiro atoms. The number of rotatable bonds is 54. The van der Waals surface area contributed by atoms with Crippen LogP contribution in [0.5, 0.6) is 0 Å². The Morgan fingerprint density at radius 2 is 0.792 bits per heavy atom. The Hall–Kier alpha value is -3.27. The molecule has 0 bridgehead atoms. The van der Waals surface area contributed by atoms with Crippen LogP contribution in [0.3, 0.4) is 0 Å². The molecule has 0 aromatic heterocycles. The van der Waals surface area contributed by atoms with Crippen LogP contribution >= 0.6 is 0 Å². The lowest BCUT2D eigenvalue weighted by Gasteiger charge is -2.26. The number of nitrogens with zero attached hydrogens (tertiary/aromatic N) is 1. The molecule has 2 atom stereocenters. The predicted octanol–water partition coefficient (Wildman–Crippen LogP) is 16.1. The Kier molecular flexibility index (Phi) is 51.6. The van der Waals surface area contributed by atoms with Gasteiger partial charge in [-0.3, -0.25) is 9.59 Å². The summed E-state index contributed by atoms with van der Waals surface area (Å²) in [6.07, 6.45) is 67.4. The summed E-state index contributed by atoms with van der Waals surface area (Å²) in [7, 11) is 5.91. The van der Waals surface area contributed by atoms with Crippen LogP contribution in [0.25, 0.3) is 0 Å². The number of unbranched alkanes of at least 4 members (excludes halogenated alkanes) is 27. The van der Waals surface area contributed by atoms with Gasteiger partial charge in [0.1, 0.15) is 13.2 Å². The monoisotopic (exact) mass is 1010 g/mol. The van der Waals surface area contributed by atoms with Crippen LogP contribution in [0.15, 0.2) is 72.9 Å². The first-order valence-electron chi connectivity index (χ1n) is 29.6. The minimum absolute atomic E-state index is 0.149. The molecule has 0 N–H and O–H groups in total. The van der Waals surface area contributed by atoms with Gasteiger partial charge < -0.3 is 33.3 Å². The molecular weight excluding hydrogens is 899 g/mol. The number of ether oxygens (including phenoxy) is 4. The van der Waals surface area contributed by atoms with Crippen LogP contribution in [0.1, 0.15) is 251 Å². The van der Waals surface area contributed by atoms with Gasteiger partial charge in [-0.1, -0.05) is 247 Å². The summed E-state index contributed by atoms with van der Waals surface area (Å²) < 4.78 is 22.5. The molecule has 0 saturated carbocycles. The zero-order valence-electron chi connectivity index (χ0n) is 47.3. The SMILES string of the molecule is CC/C=C\C/C=C\C/C=C\C/C=C\C/C=C\C/C=C\CCCCCCCCCCCCCCCCCCCCCCCCC(=O)OC(COC(=O)CCCCCCCC)COC(OCC[N+](C)(C)C)C(=O)[O-]. The van der Waals surface area contributed by atoms with Gasteiger partial charge in [0.05, 0.1) is 40.3 Å². The fourth-order valence-electron chi connectivity index (χ4n) is 8.19. The van der Waals surface area contributed by atoms with Crippen molar-refractivity contribution in [2.75, 3.05) is 47.5 Å². The molecule has 0 amide bonds. The fraction of sp³-hybridized carbons (Fsp3) is 0.762. The Morgan fingerprint density at radius 3 is 1.18 bits per heavy atom. The number of hydrogen-bond donors (Lipinski definition) is 0. The normalized spacial score (nSPS) is 13.3. The molecule has 72 heavy (non-hydrogen) atoms. The van der Waals surface area contributed by atoms with Gasteiger partial charge in [-0.05, 0) is 64.2 Å². The average molecular weight is 1010 g/mol. The highest BCUT2D eigenvalue weighted by molar-refractivity contribution is 5.70. The maximum Gasteiger partial charge on any atom is 0.306 e. The van der Waals surface area contributed by atoms with E-state index in [1.165, 1.54) is 141 Å². The number of esters is 2. The largest absolute Gasteiger partial charge is 0.545 e. The maximum atomic E-state index is 12.8. The topological polar surface area (TPSA) is 111 Å². The number of carboxylic acids is 1. The number of allylic oxidation sites excluding steroid dienone is 12. The average Bonchev–Trinajstić information content (AvgIpc) is 3.35. The van der Waals surface area contributed by atoms with Crippen LogP contribution in [-0.2, 0) is 33.3 Å². The van der Waals surface area contributed by atoms with Gasteiger partial charge in [0.25, 0.3) is 0 Å². The van der Waals surface area contributed by atoms with Crippen molar-refractivity contribution in [3.8, 4) is 0 Å². The molecule has 2 unspecified atom stereocenters. The number of carboxylic acid groups (broad SMARTS) is 1. The standard InChI is InChI=1S/C63H111NO8/c1-6-8-10-12-14-15-16-17-18-19-20-21-22-23-24-25-26-27-28-29-30-31-32-33-34-35-36-37-38-39-40-41-42-43-44-45-46-47-48-50-52-54-61(66)72-59(57-70-60(65)53-51-49-13-11-9-7-2)58-71-63(62(67)68)69-56-55-64(3,4)5/h8,10,14-15,17-18,20-21,23-24,26-27,59,63H,6-7,9,11-13,16,19,22,25,28-58H2,1-5H3/b10-8-,15-14-,18-17-,21-20-,24-23-,27-26-. The van der Waals surface area contributed by atoms with Crippen molar-refractivity contribution < 1.29 is 42.9 Å². The third-order valence-electron chi connectivity index (χ3n) is 12.7. The lowest BCUT2D eigenvalue weighted by Crippen LogP contribution is -2.44. The van der Waals surface area contributed by atoms with Crippen LogP contribution in [0, 0.1) is 0 Å². The maximum absolute atomic E-state index is 12.8. The molecule has 0 fully saturated rings. The van der Waals surface area contributed by atoms with Gasteiger partial charge in [0.15, 0.2) is 12.4 Å². The first-order chi connectivity index (χ1) is 35.1. The van der Waals surface area contributed by atoms with E-state index >= 15 is 0 Å². The van der Waals surface area contributed by atoms with Crippen LogP contribution < -0.4 is 5.11 Å². The van der Waals surface area contributed by atoms with Gasteiger partial charge in [0.2, 0.25) is 0 Å². The lowest BCUT2D eigenvalue weighted by molar-refractivity contribution is -0.870. The van der Waals surface area contributed by atoms with Crippen LogP contribution in [0.4, 0.5) is 0 Å². The number of carbonyl (C=O) groups excluding carboxylic acids is 3. The Bertz CT molecular complexity index is 1410. The predicted molar refractivity (Wildman–Crippen MR) is 301 cm³/mol.